The fourth-order valence-corrected chi connectivity index (χ4v) is 2.34. The van der Waals surface area contributed by atoms with Crippen molar-refractivity contribution in [2.24, 2.45) is 0 Å². The van der Waals surface area contributed by atoms with Crippen LogP contribution in [-0.2, 0) is 23.8 Å². The number of carbonyl (C=O) groups is 2. The van der Waals surface area contributed by atoms with Gasteiger partial charge in [-0.3, -0.25) is 4.79 Å². The third-order valence-corrected chi connectivity index (χ3v) is 3.53. The Bertz CT molecular complexity index is 399. The monoisotopic (exact) mass is 300 g/mol. The Morgan fingerprint density at radius 1 is 1.38 bits per heavy atom. The number of carbonyl (C=O) groups excluding carboxylic acids is 2. The van der Waals surface area contributed by atoms with Crippen molar-refractivity contribution >= 4 is 11.9 Å². The molecule has 0 amide bonds. The highest BCUT2D eigenvalue weighted by Gasteiger charge is 2.37. The number of hydrogen-bond acceptors (Lipinski definition) is 6. The number of ether oxygens (including phenoxy) is 3. The molecule has 1 N–H and O–H groups in total. The number of aliphatic hydroxyl groups is 1. The third kappa shape index (κ3) is 4.82. The van der Waals surface area contributed by atoms with Crippen LogP contribution in [0.3, 0.4) is 0 Å². The molecule has 0 aromatic rings. The van der Waals surface area contributed by atoms with E-state index in [9.17, 15) is 14.7 Å². The number of aliphatic hydroxyl groups excluding tert-OH is 1. The van der Waals surface area contributed by atoms with Crippen LogP contribution < -0.4 is 0 Å². The van der Waals surface area contributed by atoms with E-state index in [2.05, 4.69) is 0 Å². The standard InChI is InChI=1S/C15H24O6/c1-5-11(6-2)21-13-8-10(15(18)19-4)7-12(14(13)17)20-9(3)16/h8,11-14,17H,5-7H2,1-4H3/t12-,13-,14-/m0/s1. The van der Waals surface area contributed by atoms with Crippen molar-refractivity contribution in [2.45, 2.75) is 64.4 Å². The van der Waals surface area contributed by atoms with Gasteiger partial charge in [0.25, 0.3) is 0 Å². The molecule has 0 heterocycles. The van der Waals surface area contributed by atoms with Crippen LogP contribution in [0.2, 0.25) is 0 Å². The van der Waals surface area contributed by atoms with Gasteiger partial charge in [0, 0.05) is 18.9 Å². The summed E-state index contributed by atoms with van der Waals surface area (Å²) in [5.74, 6) is -1.01. The van der Waals surface area contributed by atoms with Crippen LogP contribution in [0.1, 0.15) is 40.0 Å². The van der Waals surface area contributed by atoms with Gasteiger partial charge in [0.2, 0.25) is 0 Å². The first-order valence-electron chi connectivity index (χ1n) is 7.22. The van der Waals surface area contributed by atoms with E-state index in [0.717, 1.165) is 12.8 Å². The van der Waals surface area contributed by atoms with Crippen LogP contribution in [0.5, 0.6) is 0 Å². The van der Waals surface area contributed by atoms with E-state index in [-0.39, 0.29) is 12.5 Å². The van der Waals surface area contributed by atoms with Crippen molar-refractivity contribution < 1.29 is 28.9 Å². The summed E-state index contributed by atoms with van der Waals surface area (Å²) < 4.78 is 15.6. The Hall–Kier alpha value is -1.40. The SMILES string of the molecule is CCC(CC)O[C@H]1C=C(C(=O)OC)C[C@H](OC(C)=O)[C@@H]1O. The molecule has 0 unspecified atom stereocenters. The number of hydrogen-bond donors (Lipinski definition) is 1. The summed E-state index contributed by atoms with van der Waals surface area (Å²) in [5, 5.41) is 10.3. The minimum atomic E-state index is -0.997. The molecule has 1 aliphatic carbocycles. The van der Waals surface area contributed by atoms with E-state index in [1.807, 2.05) is 13.8 Å². The fraction of sp³-hybridized carbons (Fsp3) is 0.733. The van der Waals surface area contributed by atoms with Crippen molar-refractivity contribution in [2.75, 3.05) is 7.11 Å². The maximum Gasteiger partial charge on any atom is 0.333 e. The molecule has 6 heteroatoms. The van der Waals surface area contributed by atoms with Gasteiger partial charge in [0.05, 0.1) is 13.2 Å². The molecule has 120 valence electrons. The topological polar surface area (TPSA) is 82.1 Å². The van der Waals surface area contributed by atoms with E-state index >= 15 is 0 Å². The molecular weight excluding hydrogens is 276 g/mol. The Kier molecular flexibility index (Phi) is 6.84. The molecule has 0 aliphatic heterocycles. The lowest BCUT2D eigenvalue weighted by Gasteiger charge is -2.34. The van der Waals surface area contributed by atoms with Crippen molar-refractivity contribution in [3.05, 3.63) is 11.6 Å². The van der Waals surface area contributed by atoms with Crippen LogP contribution in [0.4, 0.5) is 0 Å². The normalized spacial score (nSPS) is 25.4. The predicted molar refractivity (Wildman–Crippen MR) is 75.5 cm³/mol. The first-order chi connectivity index (χ1) is 9.92. The van der Waals surface area contributed by atoms with Gasteiger partial charge < -0.3 is 19.3 Å². The van der Waals surface area contributed by atoms with Gasteiger partial charge in [0.1, 0.15) is 18.3 Å². The van der Waals surface area contributed by atoms with Crippen LogP contribution in [0.25, 0.3) is 0 Å². The summed E-state index contributed by atoms with van der Waals surface area (Å²) in [4.78, 5) is 22.8. The Balaban J connectivity index is 2.95. The zero-order valence-corrected chi connectivity index (χ0v) is 13.0. The van der Waals surface area contributed by atoms with Crippen molar-refractivity contribution in [3.63, 3.8) is 0 Å². The Morgan fingerprint density at radius 2 is 2.00 bits per heavy atom. The van der Waals surface area contributed by atoms with Gasteiger partial charge in [-0.05, 0) is 18.9 Å². The lowest BCUT2D eigenvalue weighted by Crippen LogP contribution is -2.45. The van der Waals surface area contributed by atoms with E-state index in [0.29, 0.717) is 5.57 Å². The van der Waals surface area contributed by atoms with Crippen LogP contribution >= 0.6 is 0 Å². The third-order valence-electron chi connectivity index (χ3n) is 3.53. The number of esters is 2. The van der Waals surface area contributed by atoms with E-state index in [4.69, 9.17) is 14.2 Å². The average molecular weight is 300 g/mol. The van der Waals surface area contributed by atoms with E-state index < -0.39 is 30.3 Å². The molecule has 0 saturated heterocycles. The molecule has 0 spiro atoms. The van der Waals surface area contributed by atoms with E-state index in [1.165, 1.54) is 14.0 Å². The zero-order valence-electron chi connectivity index (χ0n) is 13.0. The quantitative estimate of drug-likeness (QED) is 0.746. The molecule has 1 aliphatic rings. The highest BCUT2D eigenvalue weighted by Crippen LogP contribution is 2.26. The lowest BCUT2D eigenvalue weighted by molar-refractivity contribution is -0.163. The summed E-state index contributed by atoms with van der Waals surface area (Å²) in [7, 11) is 1.28. The van der Waals surface area contributed by atoms with Gasteiger partial charge in [-0.25, -0.2) is 4.79 Å². The zero-order chi connectivity index (χ0) is 16.0. The largest absolute Gasteiger partial charge is 0.466 e. The summed E-state index contributed by atoms with van der Waals surface area (Å²) in [6, 6.07) is 0. The smallest absolute Gasteiger partial charge is 0.333 e. The van der Waals surface area contributed by atoms with Crippen molar-refractivity contribution in [3.8, 4) is 0 Å². The average Bonchev–Trinajstić information content (AvgIpc) is 2.46. The van der Waals surface area contributed by atoms with Gasteiger partial charge in [-0.15, -0.1) is 0 Å². The van der Waals surface area contributed by atoms with Crippen molar-refractivity contribution in [1.82, 2.24) is 0 Å². The molecule has 0 aromatic carbocycles. The van der Waals surface area contributed by atoms with Gasteiger partial charge in [0.15, 0.2) is 0 Å². The molecule has 0 saturated carbocycles. The Morgan fingerprint density at radius 3 is 2.48 bits per heavy atom. The highest BCUT2D eigenvalue weighted by atomic mass is 16.6. The molecular formula is C15H24O6. The number of rotatable bonds is 6. The summed E-state index contributed by atoms with van der Waals surface area (Å²) in [6.07, 6.45) is 0.742. The lowest BCUT2D eigenvalue weighted by atomic mass is 9.91. The van der Waals surface area contributed by atoms with Gasteiger partial charge >= 0.3 is 11.9 Å². The second kappa shape index (κ2) is 8.14. The molecule has 0 aromatic heterocycles. The van der Waals surface area contributed by atoms with E-state index in [1.54, 1.807) is 6.08 Å². The first-order valence-corrected chi connectivity index (χ1v) is 7.22. The summed E-state index contributed by atoms with van der Waals surface area (Å²) >= 11 is 0. The van der Waals surface area contributed by atoms with Crippen LogP contribution in [0, 0.1) is 0 Å². The van der Waals surface area contributed by atoms with Gasteiger partial charge in [-0.1, -0.05) is 13.8 Å². The number of methoxy groups -OCH3 is 1. The first kappa shape index (κ1) is 17.7. The predicted octanol–water partition coefficient (Wildman–Crippen LogP) is 1.36. The summed E-state index contributed by atoms with van der Waals surface area (Å²) in [6.45, 7) is 5.23. The van der Waals surface area contributed by atoms with Crippen LogP contribution in [0.15, 0.2) is 11.6 Å². The summed E-state index contributed by atoms with van der Waals surface area (Å²) in [5.41, 5.74) is 0.352. The highest BCUT2D eigenvalue weighted by molar-refractivity contribution is 5.88. The second-order valence-electron chi connectivity index (χ2n) is 5.07. The molecule has 3 atom stereocenters. The minimum absolute atomic E-state index is 0.0316. The minimum Gasteiger partial charge on any atom is -0.466 e. The molecule has 0 bridgehead atoms. The molecule has 0 fully saturated rings. The van der Waals surface area contributed by atoms with Gasteiger partial charge in [-0.2, -0.15) is 0 Å². The molecule has 0 radical (unpaired) electrons. The molecule has 1 rings (SSSR count). The maximum absolute atomic E-state index is 11.7. The maximum atomic E-state index is 11.7. The molecule has 21 heavy (non-hydrogen) atoms. The van der Waals surface area contributed by atoms with Crippen molar-refractivity contribution in [1.29, 1.82) is 0 Å². The molecule has 6 nitrogen and oxygen atoms in total. The second-order valence-corrected chi connectivity index (χ2v) is 5.07. The van der Waals surface area contributed by atoms with Crippen LogP contribution in [-0.4, -0.2) is 48.6 Å². The fourth-order valence-electron chi connectivity index (χ4n) is 2.34. The Labute approximate surface area is 125 Å².